The molecule has 1 aromatic heterocycles. The molecule has 3 aromatic rings. The molecule has 0 unspecified atom stereocenters. The van der Waals surface area contributed by atoms with Crippen molar-refractivity contribution in [3.63, 3.8) is 0 Å². The minimum Gasteiger partial charge on any atom is -0.495 e. The predicted octanol–water partition coefficient (Wildman–Crippen LogP) is 6.34. The summed E-state index contributed by atoms with van der Waals surface area (Å²) >= 11 is 14.1. The average Bonchev–Trinajstić information content (AvgIpc) is 2.95. The lowest BCUT2D eigenvalue weighted by Gasteiger charge is -2.12. The molecule has 3 nitrogen and oxygen atoms in total. The number of amides is 1. The smallest absolute Gasteiger partial charge is 0.267 e. The molecule has 0 radical (unpaired) electrons. The number of nitrogens with one attached hydrogen (secondary N) is 1. The van der Waals surface area contributed by atoms with Gasteiger partial charge in [-0.15, -0.1) is 11.3 Å². The number of halogens is 2. The van der Waals surface area contributed by atoms with Crippen LogP contribution >= 0.6 is 34.5 Å². The quantitative estimate of drug-likeness (QED) is 0.561. The largest absolute Gasteiger partial charge is 0.495 e. The molecule has 25 heavy (non-hydrogen) atoms. The lowest BCUT2D eigenvalue weighted by Crippen LogP contribution is -2.13. The normalized spacial score (nSPS) is 10.9. The van der Waals surface area contributed by atoms with Crippen molar-refractivity contribution in [2.24, 2.45) is 0 Å². The molecule has 0 spiro atoms. The van der Waals surface area contributed by atoms with E-state index in [1.807, 2.05) is 31.2 Å². The van der Waals surface area contributed by atoms with Crippen molar-refractivity contribution in [2.75, 3.05) is 12.4 Å². The van der Waals surface area contributed by atoms with Crippen LogP contribution in [0.25, 0.3) is 10.1 Å². The first-order chi connectivity index (χ1) is 12.0. The third-order valence-electron chi connectivity index (χ3n) is 4.11. The molecule has 0 fully saturated rings. The summed E-state index contributed by atoms with van der Waals surface area (Å²) in [5.41, 5.74) is 2.95. The minimum atomic E-state index is -0.231. The maximum atomic E-state index is 12.8. The molecule has 130 valence electrons. The monoisotopic (exact) mass is 393 g/mol. The van der Waals surface area contributed by atoms with Gasteiger partial charge in [-0.3, -0.25) is 4.79 Å². The Bertz CT molecular complexity index is 966. The van der Waals surface area contributed by atoms with E-state index in [0.717, 1.165) is 33.3 Å². The number of carbonyl (C=O) groups is 1. The van der Waals surface area contributed by atoms with Gasteiger partial charge in [-0.2, -0.15) is 0 Å². The number of benzene rings is 2. The van der Waals surface area contributed by atoms with Crippen LogP contribution in [0.2, 0.25) is 10.0 Å². The number of rotatable bonds is 4. The number of fused-ring (bicyclic) bond motifs is 1. The zero-order valence-electron chi connectivity index (χ0n) is 14.1. The maximum absolute atomic E-state index is 12.8. The third-order valence-corrected chi connectivity index (χ3v) is 6.32. The van der Waals surface area contributed by atoms with Gasteiger partial charge in [0.25, 0.3) is 5.91 Å². The van der Waals surface area contributed by atoms with E-state index in [-0.39, 0.29) is 5.91 Å². The molecule has 0 aliphatic carbocycles. The molecule has 1 N–H and O–H groups in total. The van der Waals surface area contributed by atoms with Crippen molar-refractivity contribution in [1.82, 2.24) is 0 Å². The maximum Gasteiger partial charge on any atom is 0.267 e. The number of anilines is 1. The molecule has 1 heterocycles. The lowest BCUT2D eigenvalue weighted by atomic mass is 10.1. The standard InChI is InChI=1S/C19H17Cl2NO2S/c1-4-11-7-5-6-10(2)16(11)22-19(23)18-14(20)12-8-9-13(24-3)15(21)17(12)25-18/h5-9H,4H2,1-3H3,(H,22,23). The zero-order chi connectivity index (χ0) is 18.1. The van der Waals surface area contributed by atoms with E-state index in [1.54, 1.807) is 13.2 Å². The molecule has 0 saturated heterocycles. The Morgan fingerprint density at radius 2 is 1.96 bits per heavy atom. The van der Waals surface area contributed by atoms with Crippen LogP contribution in [0, 0.1) is 6.92 Å². The Balaban J connectivity index is 2.04. The summed E-state index contributed by atoms with van der Waals surface area (Å²) in [4.78, 5) is 13.3. The van der Waals surface area contributed by atoms with Crippen LogP contribution in [-0.2, 0) is 6.42 Å². The fourth-order valence-electron chi connectivity index (χ4n) is 2.76. The highest BCUT2D eigenvalue weighted by molar-refractivity contribution is 7.22. The van der Waals surface area contributed by atoms with Gasteiger partial charge in [0.1, 0.15) is 15.6 Å². The summed E-state index contributed by atoms with van der Waals surface area (Å²) < 4.78 is 5.98. The molecule has 2 aromatic carbocycles. The van der Waals surface area contributed by atoms with Gasteiger partial charge in [-0.05, 0) is 36.6 Å². The van der Waals surface area contributed by atoms with Crippen LogP contribution in [0.5, 0.6) is 5.75 Å². The first kappa shape index (κ1) is 18.1. The van der Waals surface area contributed by atoms with Gasteiger partial charge in [0.15, 0.2) is 0 Å². The Morgan fingerprint density at radius 1 is 1.20 bits per heavy atom. The Labute approximate surface area is 160 Å². The van der Waals surface area contributed by atoms with E-state index < -0.39 is 0 Å². The second kappa shape index (κ2) is 7.24. The second-order valence-corrected chi connectivity index (χ2v) is 7.40. The van der Waals surface area contributed by atoms with Crippen LogP contribution in [0.3, 0.4) is 0 Å². The Kier molecular flexibility index (Phi) is 5.23. The summed E-state index contributed by atoms with van der Waals surface area (Å²) in [7, 11) is 1.56. The Hall–Kier alpha value is -1.75. The number of carbonyl (C=O) groups excluding carboxylic acids is 1. The van der Waals surface area contributed by atoms with Gasteiger partial charge >= 0.3 is 0 Å². The van der Waals surface area contributed by atoms with Crippen LogP contribution in [0.4, 0.5) is 5.69 Å². The number of para-hydroxylation sites is 1. The van der Waals surface area contributed by atoms with Crippen LogP contribution in [0.15, 0.2) is 30.3 Å². The van der Waals surface area contributed by atoms with E-state index >= 15 is 0 Å². The van der Waals surface area contributed by atoms with E-state index in [2.05, 4.69) is 12.2 Å². The van der Waals surface area contributed by atoms with E-state index in [9.17, 15) is 4.79 Å². The number of hydrogen-bond acceptors (Lipinski definition) is 3. The topological polar surface area (TPSA) is 38.3 Å². The zero-order valence-corrected chi connectivity index (χ0v) is 16.4. The van der Waals surface area contributed by atoms with Crippen molar-refractivity contribution in [1.29, 1.82) is 0 Å². The molecule has 0 atom stereocenters. The SMILES string of the molecule is CCc1cccc(C)c1NC(=O)c1sc2c(Cl)c(OC)ccc2c1Cl. The molecule has 0 bridgehead atoms. The molecular weight excluding hydrogens is 377 g/mol. The molecule has 0 saturated carbocycles. The molecule has 6 heteroatoms. The van der Waals surface area contributed by atoms with Gasteiger partial charge in [-0.1, -0.05) is 48.3 Å². The second-order valence-electron chi connectivity index (χ2n) is 5.62. The van der Waals surface area contributed by atoms with E-state index in [4.69, 9.17) is 27.9 Å². The fourth-order valence-corrected chi connectivity index (χ4v) is 4.55. The van der Waals surface area contributed by atoms with Crippen LogP contribution in [0.1, 0.15) is 27.7 Å². The van der Waals surface area contributed by atoms with Gasteiger partial charge in [-0.25, -0.2) is 0 Å². The first-order valence-corrected chi connectivity index (χ1v) is 9.39. The summed E-state index contributed by atoms with van der Waals surface area (Å²) in [6.45, 7) is 4.03. The Morgan fingerprint density at radius 3 is 2.64 bits per heavy atom. The summed E-state index contributed by atoms with van der Waals surface area (Å²) in [6.07, 6.45) is 0.834. The fraction of sp³-hybridized carbons (Fsp3) is 0.211. The number of ether oxygens (including phenoxy) is 1. The number of hydrogen-bond donors (Lipinski definition) is 1. The summed E-state index contributed by atoms with van der Waals surface area (Å²) in [5.74, 6) is 0.330. The molecule has 3 rings (SSSR count). The van der Waals surface area contributed by atoms with Crippen LogP contribution < -0.4 is 10.1 Å². The third kappa shape index (κ3) is 3.22. The van der Waals surface area contributed by atoms with E-state index in [0.29, 0.717) is 20.7 Å². The highest BCUT2D eigenvalue weighted by Gasteiger charge is 2.21. The minimum absolute atomic E-state index is 0.231. The molecule has 0 aliphatic rings. The van der Waals surface area contributed by atoms with Crippen molar-refractivity contribution in [3.8, 4) is 5.75 Å². The van der Waals surface area contributed by atoms with Gasteiger partial charge in [0.05, 0.1) is 16.8 Å². The highest BCUT2D eigenvalue weighted by atomic mass is 35.5. The predicted molar refractivity (Wildman–Crippen MR) is 107 cm³/mol. The summed E-state index contributed by atoms with van der Waals surface area (Å²) in [5, 5.41) is 4.64. The lowest BCUT2D eigenvalue weighted by molar-refractivity contribution is 0.103. The highest BCUT2D eigenvalue weighted by Crippen LogP contribution is 2.43. The van der Waals surface area contributed by atoms with Crippen molar-refractivity contribution < 1.29 is 9.53 Å². The number of aryl methyl sites for hydroxylation is 2. The first-order valence-electron chi connectivity index (χ1n) is 7.82. The van der Waals surface area contributed by atoms with Gasteiger partial charge in [0, 0.05) is 11.1 Å². The number of thiophene rings is 1. The van der Waals surface area contributed by atoms with Crippen molar-refractivity contribution in [3.05, 3.63) is 56.4 Å². The van der Waals surface area contributed by atoms with Crippen molar-refractivity contribution in [2.45, 2.75) is 20.3 Å². The van der Waals surface area contributed by atoms with Gasteiger partial charge < -0.3 is 10.1 Å². The van der Waals surface area contributed by atoms with Crippen LogP contribution in [-0.4, -0.2) is 13.0 Å². The molecular formula is C19H17Cl2NO2S. The van der Waals surface area contributed by atoms with Crippen molar-refractivity contribution >= 4 is 56.2 Å². The van der Waals surface area contributed by atoms with Gasteiger partial charge in [0.2, 0.25) is 0 Å². The number of methoxy groups -OCH3 is 1. The molecule has 1 amide bonds. The molecule has 0 aliphatic heterocycles. The average molecular weight is 394 g/mol. The summed E-state index contributed by atoms with van der Waals surface area (Å²) in [6, 6.07) is 9.55. The van der Waals surface area contributed by atoms with E-state index in [1.165, 1.54) is 11.3 Å².